The van der Waals surface area contributed by atoms with Gasteiger partial charge in [0, 0.05) is 42.1 Å². The summed E-state index contributed by atoms with van der Waals surface area (Å²) in [4.78, 5) is 59.7. The van der Waals surface area contributed by atoms with Crippen molar-refractivity contribution in [1.29, 1.82) is 0 Å². The third kappa shape index (κ3) is 7.68. The van der Waals surface area contributed by atoms with Crippen LogP contribution in [0.1, 0.15) is 90.1 Å². The van der Waals surface area contributed by atoms with E-state index in [0.29, 0.717) is 48.7 Å². The molecule has 0 bridgehead atoms. The number of nitrogens with one attached hydrogen (secondary N) is 3. The summed E-state index contributed by atoms with van der Waals surface area (Å²) in [6.45, 7) is 12.8. The molecule has 3 aliphatic rings. The molecule has 2 saturated heterocycles. The maximum Gasteiger partial charge on any atom is 0.410 e. The van der Waals surface area contributed by atoms with E-state index in [1.54, 1.807) is 12.0 Å². The fraction of sp³-hybridized carbons (Fsp3) is 0.477. The quantitative estimate of drug-likeness (QED) is 0.139. The van der Waals surface area contributed by atoms with Crippen LogP contribution in [0, 0.1) is 11.8 Å². The number of nitrogens with zero attached hydrogens (tertiary/aromatic N) is 4. The van der Waals surface area contributed by atoms with Crippen LogP contribution in [0.3, 0.4) is 0 Å². The molecule has 5 aromatic rings. The number of alkyl carbamates (subject to hydrolysis) is 1. The van der Waals surface area contributed by atoms with Crippen LogP contribution >= 0.6 is 11.6 Å². The molecule has 15 heteroatoms. The zero-order valence-electron chi connectivity index (χ0n) is 34.8. The molecule has 3 aromatic carbocycles. The van der Waals surface area contributed by atoms with Gasteiger partial charge in [0.05, 0.1) is 42.5 Å². The highest BCUT2D eigenvalue weighted by Gasteiger charge is 2.42. The predicted molar refractivity (Wildman–Crippen MR) is 224 cm³/mol. The maximum atomic E-state index is 14.0. The van der Waals surface area contributed by atoms with Crippen molar-refractivity contribution in [2.24, 2.45) is 11.8 Å². The van der Waals surface area contributed by atoms with Crippen LogP contribution in [0.2, 0.25) is 5.15 Å². The predicted octanol–water partition coefficient (Wildman–Crippen LogP) is 8.70. The Kier molecular flexibility index (Phi) is 10.8. The van der Waals surface area contributed by atoms with Crippen LogP contribution in [-0.2, 0) is 25.6 Å². The van der Waals surface area contributed by atoms with Gasteiger partial charge in [0.1, 0.15) is 35.6 Å². The third-order valence-corrected chi connectivity index (χ3v) is 12.0. The Morgan fingerprint density at radius 2 is 1.78 bits per heavy atom. The van der Waals surface area contributed by atoms with E-state index in [0.717, 1.165) is 62.7 Å². The van der Waals surface area contributed by atoms with Gasteiger partial charge in [-0.1, -0.05) is 43.6 Å². The van der Waals surface area contributed by atoms with Crippen molar-refractivity contribution in [3.8, 4) is 28.1 Å². The highest BCUT2D eigenvalue weighted by atomic mass is 35.5. The summed E-state index contributed by atoms with van der Waals surface area (Å²) in [6.07, 6.45) is 1.20. The third-order valence-electron chi connectivity index (χ3n) is 11.7. The zero-order chi connectivity index (χ0) is 41.9. The van der Waals surface area contributed by atoms with E-state index in [2.05, 4.69) is 45.6 Å². The molecule has 14 nitrogen and oxygen atoms in total. The van der Waals surface area contributed by atoms with Crippen molar-refractivity contribution in [3.63, 3.8) is 0 Å². The van der Waals surface area contributed by atoms with Crippen LogP contribution in [0.15, 0.2) is 42.5 Å². The first-order valence-corrected chi connectivity index (χ1v) is 20.6. The summed E-state index contributed by atoms with van der Waals surface area (Å²) >= 11 is 6.81. The molecule has 3 amide bonds. The highest BCUT2D eigenvalue weighted by Crippen LogP contribution is 2.45. The molecule has 0 unspecified atom stereocenters. The normalized spacial score (nSPS) is 20.8. The number of H-pyrrole nitrogens is 2. The first-order chi connectivity index (χ1) is 28.1. The number of benzene rings is 3. The average Bonchev–Trinajstić information content (AvgIpc) is 3.99. The number of carbonyl (C=O) groups is 3. The standard InChI is InChI=1S/C44H52ClN7O7/c1-22(2)35(49-42(54)57-8)41(53)52-23(3)9-14-32(52)39-46-31-13-11-25-17-30-28-12-10-26(16-27(28)21-58-34(30)18-29(25)37(31)48-39)36-38(45)50-40(47-36)33-15-24(20-56-7)19-51(33)43(55)59-44(4,5)6/h10-13,16-18,22-24,32-33,35H,9,14-15,19-21H2,1-8H3,(H,46,48)(H,47,50)(H,49,54)/t23-,24-,32-,33-,35-/m0/s1. The molecule has 312 valence electrons. The molecule has 2 aromatic heterocycles. The number of carbonyl (C=O) groups excluding carboxylic acids is 3. The fourth-order valence-corrected chi connectivity index (χ4v) is 9.14. The topological polar surface area (TPSA) is 164 Å². The van der Waals surface area contributed by atoms with Crippen LogP contribution in [-0.4, -0.2) is 92.9 Å². The lowest BCUT2D eigenvalue weighted by atomic mass is 9.92. The number of aromatic nitrogens is 4. The SMILES string of the molecule is COC[C@H]1C[C@@H](c2nc(Cl)c(-c3ccc4c(c3)COc3cc5c(ccc6nc([C@@H]7CC[C@H](C)N7C(=O)[C@@H](NC(=O)OC)C(C)C)[nH]c65)cc3-4)[nH]2)N(C(=O)OC(C)(C)C)C1. The number of amides is 3. The minimum Gasteiger partial charge on any atom is -0.488 e. The molecule has 3 aliphatic heterocycles. The van der Waals surface area contributed by atoms with Crippen molar-refractivity contribution >= 4 is 51.5 Å². The van der Waals surface area contributed by atoms with Gasteiger partial charge < -0.3 is 39.1 Å². The maximum absolute atomic E-state index is 14.0. The monoisotopic (exact) mass is 825 g/mol. The Labute approximate surface area is 348 Å². The van der Waals surface area contributed by atoms with Crippen molar-refractivity contribution in [2.45, 2.75) is 97.2 Å². The molecule has 5 heterocycles. The van der Waals surface area contributed by atoms with Gasteiger partial charge in [0.2, 0.25) is 5.91 Å². The Morgan fingerprint density at radius 1 is 1.00 bits per heavy atom. The molecular weight excluding hydrogens is 774 g/mol. The summed E-state index contributed by atoms with van der Waals surface area (Å²) in [5.41, 5.74) is 5.59. The van der Waals surface area contributed by atoms with Gasteiger partial charge in [-0.25, -0.2) is 19.6 Å². The molecule has 3 N–H and O–H groups in total. The van der Waals surface area contributed by atoms with Crippen molar-refractivity contribution in [3.05, 3.63) is 64.8 Å². The molecule has 0 radical (unpaired) electrons. The Hall–Kier alpha value is -5.34. The number of ether oxygens (including phenoxy) is 4. The summed E-state index contributed by atoms with van der Waals surface area (Å²) in [5.74, 6) is 1.92. The number of methoxy groups -OCH3 is 2. The van der Waals surface area contributed by atoms with Gasteiger partial charge in [-0.05, 0) is 93.7 Å². The van der Waals surface area contributed by atoms with E-state index in [-0.39, 0.29) is 35.9 Å². The number of aromatic amines is 2. The fourth-order valence-electron chi connectivity index (χ4n) is 8.89. The van der Waals surface area contributed by atoms with Gasteiger partial charge in [0.15, 0.2) is 5.15 Å². The van der Waals surface area contributed by atoms with E-state index in [1.165, 1.54) is 7.11 Å². The molecular formula is C44H52ClN7O7. The largest absolute Gasteiger partial charge is 0.488 e. The van der Waals surface area contributed by atoms with Crippen molar-refractivity contribution in [1.82, 2.24) is 35.1 Å². The number of rotatable bonds is 8. The lowest BCUT2D eigenvalue weighted by Crippen LogP contribution is -2.52. The van der Waals surface area contributed by atoms with Crippen LogP contribution in [0.4, 0.5) is 9.59 Å². The summed E-state index contributed by atoms with van der Waals surface area (Å²) in [5, 5.41) is 5.04. The first-order valence-electron chi connectivity index (χ1n) is 20.3. The number of imidazole rings is 2. The average molecular weight is 826 g/mol. The Bertz CT molecular complexity index is 2440. The van der Waals surface area contributed by atoms with Crippen LogP contribution < -0.4 is 10.1 Å². The Balaban J connectivity index is 1.07. The smallest absolute Gasteiger partial charge is 0.410 e. The van der Waals surface area contributed by atoms with E-state index in [4.69, 9.17) is 40.5 Å². The molecule has 59 heavy (non-hydrogen) atoms. The number of hydrogen-bond donors (Lipinski definition) is 3. The second-order valence-electron chi connectivity index (χ2n) is 17.4. The minimum absolute atomic E-state index is 0.0267. The molecule has 2 fully saturated rings. The minimum atomic E-state index is -0.727. The molecule has 8 rings (SSSR count). The number of fused-ring (bicyclic) bond motifs is 6. The van der Waals surface area contributed by atoms with Gasteiger partial charge >= 0.3 is 12.2 Å². The molecule has 0 saturated carbocycles. The van der Waals surface area contributed by atoms with Crippen LogP contribution in [0.25, 0.3) is 44.2 Å². The van der Waals surface area contributed by atoms with E-state index in [1.807, 2.05) is 58.6 Å². The van der Waals surface area contributed by atoms with Gasteiger partial charge in [0.25, 0.3) is 0 Å². The van der Waals surface area contributed by atoms with Crippen molar-refractivity contribution < 1.29 is 33.3 Å². The second-order valence-corrected chi connectivity index (χ2v) is 17.7. The summed E-state index contributed by atoms with van der Waals surface area (Å²) < 4.78 is 22.4. The number of hydrogen-bond acceptors (Lipinski definition) is 9. The first kappa shape index (κ1) is 40.4. The molecule has 0 spiro atoms. The van der Waals surface area contributed by atoms with Gasteiger partial charge in [-0.3, -0.25) is 9.69 Å². The molecule has 0 aliphatic carbocycles. The van der Waals surface area contributed by atoms with E-state index < -0.39 is 23.8 Å². The van der Waals surface area contributed by atoms with E-state index in [9.17, 15) is 14.4 Å². The highest BCUT2D eigenvalue weighted by molar-refractivity contribution is 6.32. The number of halogens is 1. The zero-order valence-corrected chi connectivity index (χ0v) is 35.5. The van der Waals surface area contributed by atoms with E-state index >= 15 is 0 Å². The van der Waals surface area contributed by atoms with Crippen molar-refractivity contribution in [2.75, 3.05) is 27.4 Å². The van der Waals surface area contributed by atoms with Gasteiger partial charge in [-0.15, -0.1) is 0 Å². The summed E-state index contributed by atoms with van der Waals surface area (Å²) in [7, 11) is 2.96. The second kappa shape index (κ2) is 15.7. The van der Waals surface area contributed by atoms with Crippen LogP contribution in [0.5, 0.6) is 5.75 Å². The number of likely N-dealkylation sites (tertiary alicyclic amines) is 2. The Morgan fingerprint density at radius 3 is 2.51 bits per heavy atom. The lowest BCUT2D eigenvalue weighted by molar-refractivity contribution is -0.137. The van der Waals surface area contributed by atoms with Gasteiger partial charge in [-0.2, -0.15) is 0 Å². The lowest BCUT2D eigenvalue weighted by Gasteiger charge is -2.32. The summed E-state index contributed by atoms with van der Waals surface area (Å²) in [6, 6.07) is 13.1. The molecule has 5 atom stereocenters.